The van der Waals surface area contributed by atoms with Gasteiger partial charge in [-0.3, -0.25) is 9.59 Å². The molecule has 0 radical (unpaired) electrons. The third kappa shape index (κ3) is 7.16. The maximum Gasteiger partial charge on any atom is 0.243 e. The zero-order chi connectivity index (χ0) is 28.9. The molecular weight excluding hydrogens is 569 g/mol. The van der Waals surface area contributed by atoms with E-state index in [-0.39, 0.29) is 23.4 Å². The summed E-state index contributed by atoms with van der Waals surface area (Å²) in [7, 11) is -2.61. The Morgan fingerprint density at radius 3 is 2.35 bits per heavy atom. The van der Waals surface area contributed by atoms with Crippen LogP contribution in [-0.4, -0.2) is 55.1 Å². The van der Waals surface area contributed by atoms with E-state index in [1.165, 1.54) is 18.0 Å². The second kappa shape index (κ2) is 13.3. The maximum absolute atomic E-state index is 13.8. The maximum atomic E-state index is 13.8. The highest BCUT2D eigenvalue weighted by molar-refractivity contribution is 7.89. The highest BCUT2D eigenvalue weighted by Gasteiger charge is 2.33. The lowest BCUT2D eigenvalue weighted by Crippen LogP contribution is -2.53. The van der Waals surface area contributed by atoms with E-state index in [0.29, 0.717) is 22.0 Å². The van der Waals surface area contributed by atoms with E-state index in [1.807, 2.05) is 31.2 Å². The number of halogens is 2. The van der Waals surface area contributed by atoms with Gasteiger partial charge in [0.1, 0.15) is 6.04 Å². The van der Waals surface area contributed by atoms with Gasteiger partial charge in [-0.15, -0.1) is 0 Å². The van der Waals surface area contributed by atoms with E-state index < -0.39 is 28.5 Å². The molecule has 0 bridgehead atoms. The molecule has 4 rings (SSSR count). The average Bonchev–Trinajstić information content (AvgIpc) is 2.94. The number of likely N-dealkylation sites (N-methyl/N-ethyl adjacent to an activating group) is 1. The van der Waals surface area contributed by atoms with Gasteiger partial charge in [-0.2, -0.15) is 4.31 Å². The lowest BCUT2D eigenvalue weighted by molar-refractivity contribution is -0.141. The van der Waals surface area contributed by atoms with Gasteiger partial charge in [0.15, 0.2) is 0 Å². The highest BCUT2D eigenvalue weighted by atomic mass is 35.5. The Kier molecular flexibility index (Phi) is 10.1. The summed E-state index contributed by atoms with van der Waals surface area (Å²) in [6, 6.07) is 16.6. The zero-order valence-corrected chi connectivity index (χ0v) is 25.1. The first-order valence-corrected chi connectivity index (χ1v) is 15.8. The number of sulfonamides is 1. The fourth-order valence-electron chi connectivity index (χ4n) is 5.17. The third-order valence-corrected chi connectivity index (χ3v) is 9.87. The molecule has 0 aliphatic heterocycles. The SMILES string of the molecule is CCC(C(=O)NC1CCCCC1)N(Cc1ccc(Cl)cc1Cl)C(=O)CN(C)S(=O)(=O)c1ccc2ccccc2c1. The van der Waals surface area contributed by atoms with Gasteiger partial charge in [0, 0.05) is 29.7 Å². The minimum Gasteiger partial charge on any atom is -0.352 e. The molecule has 3 aromatic rings. The number of rotatable bonds is 10. The van der Waals surface area contributed by atoms with Crippen LogP contribution in [0.2, 0.25) is 10.0 Å². The summed E-state index contributed by atoms with van der Waals surface area (Å²) < 4.78 is 27.9. The second-order valence-corrected chi connectivity index (χ2v) is 13.2. The normalized spacial score (nSPS) is 15.2. The molecule has 0 spiro atoms. The molecule has 40 heavy (non-hydrogen) atoms. The Morgan fingerprint density at radius 2 is 1.68 bits per heavy atom. The van der Waals surface area contributed by atoms with E-state index in [1.54, 1.807) is 30.3 Å². The van der Waals surface area contributed by atoms with Crippen LogP contribution in [0.1, 0.15) is 51.0 Å². The summed E-state index contributed by atoms with van der Waals surface area (Å²) in [5.41, 5.74) is 0.614. The Morgan fingerprint density at radius 1 is 0.975 bits per heavy atom. The molecular formula is C30H35Cl2N3O4S. The number of benzene rings is 3. The van der Waals surface area contributed by atoms with Gasteiger partial charge in [0.25, 0.3) is 0 Å². The van der Waals surface area contributed by atoms with Crippen molar-refractivity contribution in [1.29, 1.82) is 0 Å². The van der Waals surface area contributed by atoms with Crippen molar-refractivity contribution in [2.75, 3.05) is 13.6 Å². The third-order valence-electron chi connectivity index (χ3n) is 7.48. The molecule has 3 aromatic carbocycles. The molecule has 2 amide bonds. The average molecular weight is 605 g/mol. The van der Waals surface area contributed by atoms with Crippen molar-refractivity contribution in [3.63, 3.8) is 0 Å². The van der Waals surface area contributed by atoms with Crippen LogP contribution in [-0.2, 0) is 26.2 Å². The summed E-state index contributed by atoms with van der Waals surface area (Å²) in [4.78, 5) is 28.8. The zero-order valence-electron chi connectivity index (χ0n) is 22.8. The summed E-state index contributed by atoms with van der Waals surface area (Å²) in [5, 5.41) is 5.64. The molecule has 214 valence electrons. The van der Waals surface area contributed by atoms with Crippen molar-refractivity contribution in [2.45, 2.75) is 69.0 Å². The molecule has 0 heterocycles. The van der Waals surface area contributed by atoms with E-state index in [0.717, 1.165) is 47.2 Å². The predicted molar refractivity (Wildman–Crippen MR) is 160 cm³/mol. The molecule has 1 N–H and O–H groups in total. The van der Waals surface area contributed by atoms with Gasteiger partial charge in [0.05, 0.1) is 11.4 Å². The number of nitrogens with one attached hydrogen (secondary N) is 1. The van der Waals surface area contributed by atoms with Crippen LogP contribution in [0, 0.1) is 0 Å². The monoisotopic (exact) mass is 603 g/mol. The highest BCUT2D eigenvalue weighted by Crippen LogP contribution is 2.26. The molecule has 0 aromatic heterocycles. The largest absolute Gasteiger partial charge is 0.352 e. The molecule has 7 nitrogen and oxygen atoms in total. The summed E-state index contributed by atoms with van der Waals surface area (Å²) in [5.74, 6) is -0.739. The van der Waals surface area contributed by atoms with Gasteiger partial charge < -0.3 is 10.2 Å². The molecule has 1 aliphatic rings. The number of hydrogen-bond donors (Lipinski definition) is 1. The Balaban J connectivity index is 1.59. The topological polar surface area (TPSA) is 86.8 Å². The number of fused-ring (bicyclic) bond motifs is 1. The van der Waals surface area contributed by atoms with E-state index in [4.69, 9.17) is 23.2 Å². The van der Waals surface area contributed by atoms with Crippen molar-refractivity contribution in [3.05, 3.63) is 76.3 Å². The van der Waals surface area contributed by atoms with Crippen LogP contribution < -0.4 is 5.32 Å². The molecule has 1 unspecified atom stereocenters. The molecule has 0 saturated heterocycles. The van der Waals surface area contributed by atoms with Crippen molar-refractivity contribution >= 4 is 55.8 Å². The van der Waals surface area contributed by atoms with Crippen LogP contribution in [0.15, 0.2) is 65.6 Å². The lowest BCUT2D eigenvalue weighted by Gasteiger charge is -2.33. The minimum absolute atomic E-state index is 0.0370. The van der Waals surface area contributed by atoms with Crippen molar-refractivity contribution in [1.82, 2.24) is 14.5 Å². The Bertz CT molecular complexity index is 1470. The van der Waals surface area contributed by atoms with Gasteiger partial charge in [-0.25, -0.2) is 8.42 Å². The summed E-state index contributed by atoms with van der Waals surface area (Å²) >= 11 is 12.5. The quantitative estimate of drug-likeness (QED) is 0.307. The van der Waals surface area contributed by atoms with Crippen LogP contribution in [0.25, 0.3) is 10.8 Å². The summed E-state index contributed by atoms with van der Waals surface area (Å²) in [6.07, 6.45) is 5.44. The van der Waals surface area contributed by atoms with E-state index in [9.17, 15) is 18.0 Å². The first-order valence-electron chi connectivity index (χ1n) is 13.6. The number of carbonyl (C=O) groups is 2. The van der Waals surface area contributed by atoms with Crippen LogP contribution in [0.5, 0.6) is 0 Å². The second-order valence-electron chi connectivity index (χ2n) is 10.3. The minimum atomic E-state index is -3.98. The van der Waals surface area contributed by atoms with Crippen molar-refractivity contribution in [3.8, 4) is 0 Å². The van der Waals surface area contributed by atoms with E-state index >= 15 is 0 Å². The standard InChI is InChI=1S/C30H35Cl2N3O4S/c1-3-28(30(37)33-25-11-5-4-6-12-25)35(19-23-13-15-24(31)18-27(23)32)29(36)20-34(2)40(38,39)26-16-14-21-9-7-8-10-22(21)17-26/h7-10,13-18,25,28H,3-6,11-12,19-20H2,1-2H3,(H,33,37). The number of hydrogen-bond acceptors (Lipinski definition) is 4. The van der Waals surface area contributed by atoms with Gasteiger partial charge in [0.2, 0.25) is 21.8 Å². The molecule has 10 heteroatoms. The summed E-state index contributed by atoms with van der Waals surface area (Å²) in [6.45, 7) is 1.44. The van der Waals surface area contributed by atoms with Gasteiger partial charge in [-0.1, -0.05) is 85.8 Å². The molecule has 1 aliphatic carbocycles. The van der Waals surface area contributed by atoms with Crippen LogP contribution in [0.3, 0.4) is 0 Å². The van der Waals surface area contributed by atoms with Gasteiger partial charge in [-0.05, 0) is 59.9 Å². The molecule has 1 saturated carbocycles. The van der Waals surface area contributed by atoms with E-state index in [2.05, 4.69) is 5.32 Å². The van der Waals surface area contributed by atoms with Crippen molar-refractivity contribution < 1.29 is 18.0 Å². The fourth-order valence-corrected chi connectivity index (χ4v) is 6.80. The number of amides is 2. The lowest BCUT2D eigenvalue weighted by atomic mass is 9.95. The number of carbonyl (C=O) groups excluding carboxylic acids is 2. The molecule has 1 fully saturated rings. The van der Waals surface area contributed by atoms with Crippen LogP contribution >= 0.6 is 23.2 Å². The van der Waals surface area contributed by atoms with Crippen molar-refractivity contribution in [2.24, 2.45) is 0 Å². The fraction of sp³-hybridized carbons (Fsp3) is 0.400. The Hall–Kier alpha value is -2.65. The molecule has 1 atom stereocenters. The first-order chi connectivity index (χ1) is 19.1. The first kappa shape index (κ1) is 30.3. The van der Waals surface area contributed by atoms with Crippen LogP contribution in [0.4, 0.5) is 0 Å². The predicted octanol–water partition coefficient (Wildman–Crippen LogP) is 6.02. The Labute approximate surface area is 246 Å². The number of nitrogens with zero attached hydrogens (tertiary/aromatic N) is 2. The van der Waals surface area contributed by atoms with Gasteiger partial charge >= 0.3 is 0 Å². The smallest absolute Gasteiger partial charge is 0.243 e.